The maximum absolute atomic E-state index is 12.3. The Balaban J connectivity index is 5.21. The SMILES string of the molecule is CCOC(=O)CN(C(N)=O)[C@H](C(=O)OC(C)(C)C)C(C)C. The molecule has 0 fully saturated rings. The normalized spacial score (nSPS) is 12.7. The summed E-state index contributed by atoms with van der Waals surface area (Å²) in [6.45, 7) is 10.1. The number of esters is 2. The minimum atomic E-state index is -0.939. The van der Waals surface area contributed by atoms with Crippen LogP contribution in [0.15, 0.2) is 0 Å². The fourth-order valence-corrected chi connectivity index (χ4v) is 1.78. The lowest BCUT2D eigenvalue weighted by Gasteiger charge is -2.32. The number of nitrogens with two attached hydrogens (primary N) is 1. The molecule has 0 aromatic carbocycles. The van der Waals surface area contributed by atoms with Gasteiger partial charge in [0.2, 0.25) is 0 Å². The third-order valence-corrected chi connectivity index (χ3v) is 2.50. The van der Waals surface area contributed by atoms with Crippen molar-refractivity contribution in [2.24, 2.45) is 11.7 Å². The molecular formula is C14H26N2O5. The smallest absolute Gasteiger partial charge is 0.329 e. The van der Waals surface area contributed by atoms with Gasteiger partial charge in [0.1, 0.15) is 18.2 Å². The molecule has 0 bridgehead atoms. The lowest BCUT2D eigenvalue weighted by Crippen LogP contribution is -2.54. The van der Waals surface area contributed by atoms with Crippen molar-refractivity contribution in [3.05, 3.63) is 0 Å². The lowest BCUT2D eigenvalue weighted by atomic mass is 10.0. The van der Waals surface area contributed by atoms with E-state index in [-0.39, 0.29) is 19.1 Å². The van der Waals surface area contributed by atoms with Gasteiger partial charge in [-0.3, -0.25) is 9.69 Å². The topological polar surface area (TPSA) is 98.9 Å². The van der Waals surface area contributed by atoms with Gasteiger partial charge in [0.25, 0.3) is 0 Å². The zero-order valence-electron chi connectivity index (χ0n) is 13.6. The standard InChI is InChI=1S/C14H26N2O5/c1-7-20-10(17)8-16(13(15)19)11(9(2)3)12(18)21-14(4,5)6/h9,11H,7-8H2,1-6H3,(H2,15,19)/t11-/m0/s1. The van der Waals surface area contributed by atoms with Crippen LogP contribution in [0.2, 0.25) is 0 Å². The number of primary amides is 1. The first kappa shape index (κ1) is 19.2. The maximum atomic E-state index is 12.3. The summed E-state index contributed by atoms with van der Waals surface area (Å²) < 4.78 is 10.1. The van der Waals surface area contributed by atoms with E-state index in [2.05, 4.69) is 0 Å². The van der Waals surface area contributed by atoms with Gasteiger partial charge < -0.3 is 15.2 Å². The van der Waals surface area contributed by atoms with Crippen molar-refractivity contribution in [1.82, 2.24) is 4.90 Å². The van der Waals surface area contributed by atoms with Crippen LogP contribution in [0.1, 0.15) is 41.5 Å². The molecular weight excluding hydrogens is 276 g/mol. The number of ether oxygens (including phenoxy) is 2. The molecule has 0 aliphatic heterocycles. The summed E-state index contributed by atoms with van der Waals surface area (Å²) in [5.41, 5.74) is 4.60. The number of carbonyl (C=O) groups is 3. The van der Waals surface area contributed by atoms with E-state index in [0.717, 1.165) is 4.90 Å². The van der Waals surface area contributed by atoms with E-state index >= 15 is 0 Å². The minimum absolute atomic E-state index is 0.185. The van der Waals surface area contributed by atoms with Gasteiger partial charge in [-0.15, -0.1) is 0 Å². The highest BCUT2D eigenvalue weighted by Gasteiger charge is 2.36. The van der Waals surface area contributed by atoms with E-state index in [0.29, 0.717) is 0 Å². The molecule has 0 rings (SSSR count). The molecule has 7 heteroatoms. The van der Waals surface area contributed by atoms with E-state index in [1.165, 1.54) is 0 Å². The van der Waals surface area contributed by atoms with E-state index < -0.39 is 29.6 Å². The van der Waals surface area contributed by atoms with Gasteiger partial charge in [0, 0.05) is 0 Å². The molecule has 0 aromatic rings. The Morgan fingerprint density at radius 2 is 1.71 bits per heavy atom. The van der Waals surface area contributed by atoms with Crippen LogP contribution in [0.5, 0.6) is 0 Å². The van der Waals surface area contributed by atoms with Gasteiger partial charge in [0.05, 0.1) is 6.61 Å². The average Bonchev–Trinajstić information content (AvgIpc) is 2.24. The second-order valence-corrected chi connectivity index (χ2v) is 5.99. The van der Waals surface area contributed by atoms with Gasteiger partial charge >= 0.3 is 18.0 Å². The number of nitrogens with zero attached hydrogens (tertiary/aromatic N) is 1. The molecule has 0 radical (unpaired) electrons. The van der Waals surface area contributed by atoms with Crippen LogP contribution in [-0.2, 0) is 19.1 Å². The van der Waals surface area contributed by atoms with Crippen molar-refractivity contribution in [3.8, 4) is 0 Å². The molecule has 0 spiro atoms. The molecule has 0 heterocycles. The minimum Gasteiger partial charge on any atom is -0.465 e. The predicted octanol–water partition coefficient (Wildman–Crippen LogP) is 1.30. The zero-order chi connectivity index (χ0) is 16.8. The fourth-order valence-electron chi connectivity index (χ4n) is 1.78. The molecule has 0 unspecified atom stereocenters. The zero-order valence-corrected chi connectivity index (χ0v) is 13.6. The number of amides is 2. The van der Waals surface area contributed by atoms with Crippen LogP contribution >= 0.6 is 0 Å². The van der Waals surface area contributed by atoms with Crippen molar-refractivity contribution in [3.63, 3.8) is 0 Å². The first-order valence-electron chi connectivity index (χ1n) is 6.94. The van der Waals surface area contributed by atoms with Gasteiger partial charge in [-0.1, -0.05) is 13.8 Å². The third-order valence-electron chi connectivity index (χ3n) is 2.50. The van der Waals surface area contributed by atoms with Crippen LogP contribution in [0.3, 0.4) is 0 Å². The number of urea groups is 1. The van der Waals surface area contributed by atoms with Crippen molar-refractivity contribution in [1.29, 1.82) is 0 Å². The molecule has 1 atom stereocenters. The van der Waals surface area contributed by atoms with E-state index in [9.17, 15) is 14.4 Å². The highest BCUT2D eigenvalue weighted by atomic mass is 16.6. The van der Waals surface area contributed by atoms with Gasteiger partial charge in [-0.2, -0.15) is 0 Å². The van der Waals surface area contributed by atoms with Gasteiger partial charge in [-0.25, -0.2) is 9.59 Å². The Morgan fingerprint density at radius 3 is 2.05 bits per heavy atom. The fraction of sp³-hybridized carbons (Fsp3) is 0.786. The Hall–Kier alpha value is -1.79. The summed E-state index contributed by atoms with van der Waals surface area (Å²) in [6, 6.07) is -1.81. The number of rotatable bonds is 6. The van der Waals surface area contributed by atoms with Crippen molar-refractivity contribution < 1.29 is 23.9 Å². The molecule has 0 aromatic heterocycles. The Kier molecular flexibility index (Phi) is 7.18. The molecule has 2 amide bonds. The summed E-state index contributed by atoms with van der Waals surface area (Å²) in [4.78, 5) is 36.4. The highest BCUT2D eigenvalue weighted by Crippen LogP contribution is 2.17. The van der Waals surface area contributed by atoms with Crippen molar-refractivity contribution >= 4 is 18.0 Å². The molecule has 2 N–H and O–H groups in total. The Labute approximate surface area is 125 Å². The predicted molar refractivity (Wildman–Crippen MR) is 77.4 cm³/mol. The average molecular weight is 302 g/mol. The summed E-state index contributed by atoms with van der Waals surface area (Å²) in [6.07, 6.45) is 0. The molecule has 0 saturated carbocycles. The number of hydrogen-bond acceptors (Lipinski definition) is 5. The number of carbonyl (C=O) groups excluding carboxylic acids is 3. The molecule has 122 valence electrons. The first-order valence-corrected chi connectivity index (χ1v) is 6.94. The van der Waals surface area contributed by atoms with Gasteiger partial charge in [-0.05, 0) is 33.6 Å². The highest BCUT2D eigenvalue weighted by molar-refractivity contribution is 5.86. The molecule has 0 aliphatic carbocycles. The first-order chi connectivity index (χ1) is 9.49. The van der Waals surface area contributed by atoms with E-state index in [1.54, 1.807) is 41.5 Å². The molecule has 7 nitrogen and oxygen atoms in total. The monoisotopic (exact) mass is 302 g/mol. The summed E-state index contributed by atoms with van der Waals surface area (Å²) in [5, 5.41) is 0. The summed E-state index contributed by atoms with van der Waals surface area (Å²) in [5.74, 6) is -1.48. The van der Waals surface area contributed by atoms with Crippen LogP contribution in [0, 0.1) is 5.92 Å². The van der Waals surface area contributed by atoms with Crippen LogP contribution < -0.4 is 5.73 Å². The lowest BCUT2D eigenvalue weighted by molar-refractivity contribution is -0.162. The van der Waals surface area contributed by atoms with Crippen molar-refractivity contribution in [2.45, 2.75) is 53.2 Å². The largest absolute Gasteiger partial charge is 0.465 e. The second kappa shape index (κ2) is 7.85. The van der Waals surface area contributed by atoms with Gasteiger partial charge in [0.15, 0.2) is 0 Å². The number of hydrogen-bond donors (Lipinski definition) is 1. The quantitative estimate of drug-likeness (QED) is 0.745. The molecule has 21 heavy (non-hydrogen) atoms. The summed E-state index contributed by atoms with van der Waals surface area (Å²) >= 11 is 0. The van der Waals surface area contributed by atoms with Crippen LogP contribution in [0.4, 0.5) is 4.79 Å². The van der Waals surface area contributed by atoms with Crippen LogP contribution in [0.25, 0.3) is 0 Å². The maximum Gasteiger partial charge on any atom is 0.329 e. The molecule has 0 saturated heterocycles. The Bertz CT molecular complexity index is 387. The van der Waals surface area contributed by atoms with Crippen molar-refractivity contribution in [2.75, 3.05) is 13.2 Å². The van der Waals surface area contributed by atoms with E-state index in [1.807, 2.05) is 0 Å². The van der Waals surface area contributed by atoms with E-state index in [4.69, 9.17) is 15.2 Å². The third kappa shape index (κ3) is 6.97. The second-order valence-electron chi connectivity index (χ2n) is 5.99. The summed E-state index contributed by atoms with van der Waals surface area (Å²) in [7, 11) is 0. The molecule has 0 aliphatic rings. The van der Waals surface area contributed by atoms with Crippen LogP contribution in [-0.4, -0.2) is 47.7 Å². The Morgan fingerprint density at radius 1 is 1.19 bits per heavy atom.